The van der Waals surface area contributed by atoms with Crippen LogP contribution in [0.25, 0.3) is 0 Å². The van der Waals surface area contributed by atoms with Crippen molar-refractivity contribution in [3.8, 4) is 0 Å². The first-order valence-electron chi connectivity index (χ1n) is 6.16. The number of nitrogens with zero attached hydrogens (tertiary/aromatic N) is 1. The number of rotatable bonds is 2. The molecule has 94 valence electrons. The van der Waals surface area contributed by atoms with E-state index < -0.39 is 0 Å². The van der Waals surface area contributed by atoms with Crippen LogP contribution in [0, 0.1) is 0 Å². The lowest BCUT2D eigenvalue weighted by Gasteiger charge is -2.19. The van der Waals surface area contributed by atoms with Crippen LogP contribution >= 0.6 is 11.6 Å². The third-order valence-electron chi connectivity index (χ3n) is 2.98. The predicted molar refractivity (Wildman–Crippen MR) is 77.2 cm³/mol. The van der Waals surface area contributed by atoms with Gasteiger partial charge in [0.2, 0.25) is 0 Å². The average molecular weight is 260 g/mol. The Bertz CT molecular complexity index is 524. The lowest BCUT2D eigenvalue weighted by Crippen LogP contribution is -2.10. The van der Waals surface area contributed by atoms with E-state index in [-0.39, 0.29) is 5.41 Å². The Kier molecular flexibility index (Phi) is 3.72. The van der Waals surface area contributed by atoms with Crippen molar-refractivity contribution in [2.75, 3.05) is 0 Å². The first-order valence-corrected chi connectivity index (χ1v) is 6.54. The maximum absolute atomic E-state index is 5.89. The SMILES string of the molecule is CC(C)(C)c1ccc(Cc2cccc(Cl)n2)cc1. The van der Waals surface area contributed by atoms with Crippen molar-refractivity contribution in [2.24, 2.45) is 0 Å². The van der Waals surface area contributed by atoms with Gasteiger partial charge in [-0.25, -0.2) is 4.98 Å². The Hall–Kier alpha value is -1.34. The summed E-state index contributed by atoms with van der Waals surface area (Å²) in [4.78, 5) is 4.31. The lowest BCUT2D eigenvalue weighted by atomic mass is 9.86. The van der Waals surface area contributed by atoms with Crippen LogP contribution < -0.4 is 0 Å². The molecule has 2 heteroatoms. The van der Waals surface area contributed by atoms with E-state index in [0.717, 1.165) is 12.1 Å². The fourth-order valence-electron chi connectivity index (χ4n) is 1.88. The quantitative estimate of drug-likeness (QED) is 0.717. The van der Waals surface area contributed by atoms with Gasteiger partial charge in [-0.3, -0.25) is 0 Å². The third kappa shape index (κ3) is 3.33. The molecule has 0 spiro atoms. The first-order chi connectivity index (χ1) is 8.45. The molecule has 2 rings (SSSR count). The van der Waals surface area contributed by atoms with Crippen molar-refractivity contribution in [1.82, 2.24) is 4.98 Å². The molecule has 0 aliphatic rings. The van der Waals surface area contributed by atoms with E-state index in [1.807, 2.05) is 12.1 Å². The van der Waals surface area contributed by atoms with Gasteiger partial charge in [0.15, 0.2) is 0 Å². The second kappa shape index (κ2) is 5.11. The molecule has 0 aliphatic carbocycles. The summed E-state index contributed by atoms with van der Waals surface area (Å²) < 4.78 is 0. The molecular formula is C16H18ClN. The van der Waals surface area contributed by atoms with Gasteiger partial charge in [-0.1, -0.05) is 62.7 Å². The Morgan fingerprint density at radius 3 is 2.22 bits per heavy atom. The fraction of sp³-hybridized carbons (Fsp3) is 0.312. The Labute approximate surface area is 114 Å². The van der Waals surface area contributed by atoms with Gasteiger partial charge < -0.3 is 0 Å². The van der Waals surface area contributed by atoms with E-state index in [1.165, 1.54) is 11.1 Å². The molecule has 0 unspecified atom stereocenters. The largest absolute Gasteiger partial charge is 0.241 e. The second-order valence-corrected chi connectivity index (χ2v) is 5.96. The molecule has 1 nitrogen and oxygen atoms in total. The van der Waals surface area contributed by atoms with E-state index in [1.54, 1.807) is 6.07 Å². The van der Waals surface area contributed by atoms with Crippen molar-refractivity contribution in [3.63, 3.8) is 0 Å². The average Bonchev–Trinajstić information content (AvgIpc) is 2.28. The van der Waals surface area contributed by atoms with Gasteiger partial charge in [-0.05, 0) is 28.7 Å². The lowest BCUT2D eigenvalue weighted by molar-refractivity contribution is 0.590. The summed E-state index contributed by atoms with van der Waals surface area (Å²) in [7, 11) is 0. The topological polar surface area (TPSA) is 12.9 Å². The third-order valence-corrected chi connectivity index (χ3v) is 3.19. The fourth-order valence-corrected chi connectivity index (χ4v) is 2.06. The Morgan fingerprint density at radius 1 is 1.00 bits per heavy atom. The minimum atomic E-state index is 0.201. The summed E-state index contributed by atoms with van der Waals surface area (Å²) in [6.45, 7) is 6.67. The van der Waals surface area contributed by atoms with E-state index in [0.29, 0.717) is 5.15 Å². The zero-order valence-electron chi connectivity index (χ0n) is 11.1. The van der Waals surface area contributed by atoms with E-state index >= 15 is 0 Å². The van der Waals surface area contributed by atoms with Crippen molar-refractivity contribution < 1.29 is 0 Å². The van der Waals surface area contributed by atoms with Crippen LogP contribution in [0.1, 0.15) is 37.6 Å². The van der Waals surface area contributed by atoms with Crippen LogP contribution in [0.15, 0.2) is 42.5 Å². The van der Waals surface area contributed by atoms with E-state index in [2.05, 4.69) is 50.0 Å². The van der Waals surface area contributed by atoms with Crippen LogP contribution in [-0.4, -0.2) is 4.98 Å². The molecule has 18 heavy (non-hydrogen) atoms. The summed E-state index contributed by atoms with van der Waals surface area (Å²) in [6, 6.07) is 14.5. The van der Waals surface area contributed by atoms with Gasteiger partial charge in [0, 0.05) is 12.1 Å². The van der Waals surface area contributed by atoms with Gasteiger partial charge >= 0.3 is 0 Å². The number of pyridine rings is 1. The minimum Gasteiger partial charge on any atom is -0.241 e. The highest BCUT2D eigenvalue weighted by atomic mass is 35.5. The standard InChI is InChI=1S/C16H18ClN/c1-16(2,3)13-9-7-12(8-10-13)11-14-5-4-6-15(17)18-14/h4-10H,11H2,1-3H3. The second-order valence-electron chi connectivity index (χ2n) is 5.58. The molecule has 2 aromatic rings. The zero-order valence-corrected chi connectivity index (χ0v) is 11.8. The minimum absolute atomic E-state index is 0.201. The smallest absolute Gasteiger partial charge is 0.129 e. The van der Waals surface area contributed by atoms with Crippen LogP contribution in [0.4, 0.5) is 0 Å². The number of hydrogen-bond donors (Lipinski definition) is 0. The van der Waals surface area contributed by atoms with Crippen LogP contribution in [0.5, 0.6) is 0 Å². The summed E-state index contributed by atoms with van der Waals surface area (Å²) in [6.07, 6.45) is 0.824. The normalized spacial score (nSPS) is 11.6. The first kappa shape index (κ1) is 13.1. The van der Waals surface area contributed by atoms with Gasteiger partial charge in [-0.2, -0.15) is 0 Å². The molecule has 0 saturated heterocycles. The summed E-state index contributed by atoms with van der Waals surface area (Å²) in [5.74, 6) is 0. The van der Waals surface area contributed by atoms with E-state index in [4.69, 9.17) is 11.6 Å². The van der Waals surface area contributed by atoms with Gasteiger partial charge in [0.05, 0.1) is 0 Å². The zero-order chi connectivity index (χ0) is 13.2. The van der Waals surface area contributed by atoms with Crippen molar-refractivity contribution in [1.29, 1.82) is 0 Å². The number of hydrogen-bond acceptors (Lipinski definition) is 1. The van der Waals surface area contributed by atoms with E-state index in [9.17, 15) is 0 Å². The number of benzene rings is 1. The van der Waals surface area contributed by atoms with Crippen molar-refractivity contribution in [3.05, 3.63) is 64.4 Å². The molecule has 1 aromatic carbocycles. The van der Waals surface area contributed by atoms with Crippen LogP contribution in [-0.2, 0) is 11.8 Å². The molecule has 0 saturated carbocycles. The highest BCUT2D eigenvalue weighted by molar-refractivity contribution is 6.29. The summed E-state index contributed by atoms with van der Waals surface area (Å²) in [5, 5.41) is 0.554. The molecule has 0 atom stereocenters. The summed E-state index contributed by atoms with van der Waals surface area (Å²) >= 11 is 5.89. The molecule has 0 bridgehead atoms. The van der Waals surface area contributed by atoms with Crippen LogP contribution in [0.2, 0.25) is 5.15 Å². The summed E-state index contributed by atoms with van der Waals surface area (Å²) in [5.41, 5.74) is 3.82. The Morgan fingerprint density at radius 2 is 1.67 bits per heavy atom. The molecular weight excluding hydrogens is 242 g/mol. The molecule has 0 N–H and O–H groups in total. The highest BCUT2D eigenvalue weighted by Crippen LogP contribution is 2.22. The molecule has 0 fully saturated rings. The van der Waals surface area contributed by atoms with Gasteiger partial charge in [-0.15, -0.1) is 0 Å². The monoisotopic (exact) mass is 259 g/mol. The maximum Gasteiger partial charge on any atom is 0.129 e. The van der Waals surface area contributed by atoms with Gasteiger partial charge in [0.1, 0.15) is 5.15 Å². The highest BCUT2D eigenvalue weighted by Gasteiger charge is 2.12. The molecule has 1 heterocycles. The maximum atomic E-state index is 5.89. The number of halogens is 1. The van der Waals surface area contributed by atoms with Gasteiger partial charge in [0.25, 0.3) is 0 Å². The molecule has 1 aromatic heterocycles. The van der Waals surface area contributed by atoms with Crippen LogP contribution in [0.3, 0.4) is 0 Å². The Balaban J connectivity index is 2.16. The van der Waals surface area contributed by atoms with Crippen molar-refractivity contribution >= 4 is 11.6 Å². The molecule has 0 aliphatic heterocycles. The predicted octanol–water partition coefficient (Wildman–Crippen LogP) is 4.62. The molecule has 0 radical (unpaired) electrons. The van der Waals surface area contributed by atoms with Crippen molar-refractivity contribution in [2.45, 2.75) is 32.6 Å². The number of aromatic nitrogens is 1. The molecule has 0 amide bonds.